The highest BCUT2D eigenvalue weighted by Crippen LogP contribution is 2.35. The third-order valence-electron chi connectivity index (χ3n) is 3.62. The van der Waals surface area contributed by atoms with E-state index < -0.39 is 5.60 Å². The molecule has 0 atom stereocenters. The van der Waals surface area contributed by atoms with Crippen LogP contribution in [-0.2, 0) is 5.60 Å². The first-order valence-electron chi connectivity index (χ1n) is 7.53. The van der Waals surface area contributed by atoms with E-state index in [9.17, 15) is 5.11 Å². The zero-order valence-electron chi connectivity index (χ0n) is 13.4. The van der Waals surface area contributed by atoms with Gasteiger partial charge in [-0.05, 0) is 32.9 Å². The van der Waals surface area contributed by atoms with Crippen molar-refractivity contribution < 1.29 is 9.84 Å². The smallest absolute Gasteiger partial charge is 0.145 e. The van der Waals surface area contributed by atoms with Gasteiger partial charge in [-0.2, -0.15) is 0 Å². The van der Waals surface area contributed by atoms with E-state index >= 15 is 0 Å². The minimum atomic E-state index is -1.02. The minimum absolute atomic E-state index is 0.581. The molecular weight excluding hydrogens is 312 g/mol. The quantitative estimate of drug-likeness (QED) is 0.776. The number of nitrogens with zero attached hydrogens (tertiary/aromatic N) is 2. The van der Waals surface area contributed by atoms with Crippen molar-refractivity contribution in [3.63, 3.8) is 0 Å². The lowest BCUT2D eigenvalue weighted by molar-refractivity contribution is 0.0744. The summed E-state index contributed by atoms with van der Waals surface area (Å²) in [6, 6.07) is 9.67. The summed E-state index contributed by atoms with van der Waals surface area (Å²) in [6.07, 6.45) is 3.58. The molecule has 2 heterocycles. The summed E-state index contributed by atoms with van der Waals surface area (Å²) in [7, 11) is 0. The van der Waals surface area contributed by atoms with Crippen molar-refractivity contribution in [3.8, 4) is 16.9 Å². The lowest BCUT2D eigenvalue weighted by Crippen LogP contribution is -2.15. The molecule has 0 radical (unpaired) electrons. The van der Waals surface area contributed by atoms with Crippen LogP contribution in [-0.4, -0.2) is 21.1 Å². The molecule has 23 heavy (non-hydrogen) atoms. The lowest BCUT2D eigenvalue weighted by Gasteiger charge is -2.12. The van der Waals surface area contributed by atoms with Gasteiger partial charge in [-0.15, -0.1) is 0 Å². The van der Waals surface area contributed by atoms with E-state index in [1.54, 1.807) is 26.2 Å². The third kappa shape index (κ3) is 3.05. The second kappa shape index (κ2) is 5.87. The number of aliphatic hydroxyl groups is 1. The van der Waals surface area contributed by atoms with Gasteiger partial charge >= 0.3 is 0 Å². The first-order valence-corrected chi connectivity index (χ1v) is 7.91. The van der Waals surface area contributed by atoms with Crippen LogP contribution in [0, 0.1) is 0 Å². The molecule has 3 aromatic rings. The number of benzene rings is 1. The lowest BCUT2D eigenvalue weighted by atomic mass is 10.1. The average Bonchev–Trinajstić information content (AvgIpc) is 2.91. The number of pyridine rings is 1. The Morgan fingerprint density at radius 1 is 1.22 bits per heavy atom. The molecule has 0 fully saturated rings. The molecule has 0 bridgehead atoms. The van der Waals surface area contributed by atoms with E-state index in [0.717, 1.165) is 22.5 Å². The number of halogens is 1. The number of ether oxygens (including phenoxy) is 1. The maximum Gasteiger partial charge on any atom is 0.145 e. The maximum absolute atomic E-state index is 10.2. The van der Waals surface area contributed by atoms with Crippen molar-refractivity contribution in [1.29, 1.82) is 0 Å². The fourth-order valence-electron chi connectivity index (χ4n) is 2.53. The van der Waals surface area contributed by atoms with E-state index in [1.165, 1.54) is 0 Å². The number of fused-ring (bicyclic) bond motifs is 1. The van der Waals surface area contributed by atoms with Crippen molar-refractivity contribution in [2.75, 3.05) is 6.61 Å². The highest BCUT2D eigenvalue weighted by molar-refractivity contribution is 6.31. The molecule has 3 rings (SSSR count). The van der Waals surface area contributed by atoms with Crippen molar-refractivity contribution in [2.24, 2.45) is 0 Å². The second-order valence-electron chi connectivity index (χ2n) is 5.92. The second-order valence-corrected chi connectivity index (χ2v) is 6.35. The monoisotopic (exact) mass is 330 g/mol. The topological polar surface area (TPSA) is 46.8 Å². The summed E-state index contributed by atoms with van der Waals surface area (Å²) in [5, 5.41) is 10.8. The highest BCUT2D eigenvalue weighted by Gasteiger charge is 2.22. The number of imidazole rings is 1. The van der Waals surface area contributed by atoms with Crippen molar-refractivity contribution in [3.05, 3.63) is 53.4 Å². The summed E-state index contributed by atoms with van der Waals surface area (Å²) in [6.45, 7) is 5.96. The van der Waals surface area contributed by atoms with E-state index in [1.807, 2.05) is 41.7 Å². The molecule has 0 aliphatic heterocycles. The molecular formula is C18H19ClN2O2. The van der Waals surface area contributed by atoms with Crippen LogP contribution >= 0.6 is 11.6 Å². The Balaban J connectivity index is 2.27. The first-order chi connectivity index (χ1) is 10.9. The van der Waals surface area contributed by atoms with Crippen LogP contribution in [0.1, 0.15) is 26.5 Å². The Kier molecular flexibility index (Phi) is 4.04. The van der Waals surface area contributed by atoms with Gasteiger partial charge in [0.2, 0.25) is 0 Å². The van der Waals surface area contributed by atoms with Crippen molar-refractivity contribution >= 4 is 17.2 Å². The molecule has 0 aliphatic rings. The Labute approximate surface area is 140 Å². The van der Waals surface area contributed by atoms with Gasteiger partial charge in [-0.1, -0.05) is 29.8 Å². The van der Waals surface area contributed by atoms with Crippen LogP contribution in [0.15, 0.2) is 42.7 Å². The molecule has 0 unspecified atom stereocenters. The van der Waals surface area contributed by atoms with E-state index in [2.05, 4.69) is 4.98 Å². The molecule has 4 nitrogen and oxygen atoms in total. The number of para-hydroxylation sites is 1. The molecule has 0 saturated carbocycles. The molecule has 0 aliphatic carbocycles. The third-order valence-corrected chi connectivity index (χ3v) is 3.83. The molecule has 1 N–H and O–H groups in total. The van der Waals surface area contributed by atoms with Gasteiger partial charge in [0.15, 0.2) is 0 Å². The summed E-state index contributed by atoms with van der Waals surface area (Å²) in [4.78, 5) is 4.60. The summed E-state index contributed by atoms with van der Waals surface area (Å²) in [5.74, 6) is 0.784. The van der Waals surface area contributed by atoms with Crippen LogP contribution in [0.2, 0.25) is 5.02 Å². The van der Waals surface area contributed by atoms with Crippen LogP contribution in [0.25, 0.3) is 16.8 Å². The average molecular weight is 331 g/mol. The van der Waals surface area contributed by atoms with E-state index in [0.29, 0.717) is 17.3 Å². The van der Waals surface area contributed by atoms with Gasteiger partial charge in [0, 0.05) is 23.5 Å². The predicted octanol–water partition coefficient (Wildman–Crippen LogP) is 4.28. The molecule has 2 aromatic heterocycles. The van der Waals surface area contributed by atoms with Crippen LogP contribution in [0.5, 0.6) is 5.75 Å². The van der Waals surface area contributed by atoms with Gasteiger partial charge in [-0.25, -0.2) is 4.98 Å². The Morgan fingerprint density at radius 2 is 1.96 bits per heavy atom. The number of hydrogen-bond donors (Lipinski definition) is 1. The maximum atomic E-state index is 10.2. The van der Waals surface area contributed by atoms with Crippen LogP contribution in [0.3, 0.4) is 0 Å². The molecule has 0 spiro atoms. The van der Waals surface area contributed by atoms with Crippen LogP contribution < -0.4 is 4.74 Å². The van der Waals surface area contributed by atoms with Crippen molar-refractivity contribution in [2.45, 2.75) is 26.4 Å². The number of aromatic nitrogens is 2. The largest absolute Gasteiger partial charge is 0.493 e. The standard InChI is InChI=1S/C18H19ClN2O2/c1-4-23-15-8-6-5-7-13(15)14-9-12(19)10-21-11-16(18(2,3)22)20-17(14)21/h5-11,22H,4H2,1-3H3. The fourth-order valence-corrected chi connectivity index (χ4v) is 2.74. The SMILES string of the molecule is CCOc1ccccc1-c1cc(Cl)cn2cc(C(C)(C)O)nc12. The molecule has 5 heteroatoms. The van der Waals surface area contributed by atoms with Gasteiger partial charge < -0.3 is 14.2 Å². The Bertz CT molecular complexity index is 850. The zero-order chi connectivity index (χ0) is 16.6. The molecule has 0 saturated heterocycles. The van der Waals surface area contributed by atoms with Gasteiger partial charge in [0.1, 0.15) is 17.0 Å². The molecule has 120 valence electrons. The fraction of sp³-hybridized carbons (Fsp3) is 0.278. The normalized spacial score (nSPS) is 11.9. The number of hydrogen-bond acceptors (Lipinski definition) is 3. The van der Waals surface area contributed by atoms with Gasteiger partial charge in [0.25, 0.3) is 0 Å². The van der Waals surface area contributed by atoms with E-state index in [4.69, 9.17) is 16.3 Å². The minimum Gasteiger partial charge on any atom is -0.493 e. The summed E-state index contributed by atoms with van der Waals surface area (Å²) in [5.41, 5.74) is 2.11. The van der Waals surface area contributed by atoms with Gasteiger partial charge in [-0.3, -0.25) is 0 Å². The predicted molar refractivity (Wildman–Crippen MR) is 92.1 cm³/mol. The van der Waals surface area contributed by atoms with Crippen LogP contribution in [0.4, 0.5) is 0 Å². The summed E-state index contributed by atoms with van der Waals surface area (Å²) >= 11 is 6.27. The number of rotatable bonds is 4. The zero-order valence-corrected chi connectivity index (χ0v) is 14.1. The van der Waals surface area contributed by atoms with Gasteiger partial charge in [0.05, 0.1) is 17.3 Å². The van der Waals surface area contributed by atoms with E-state index in [-0.39, 0.29) is 0 Å². The first kappa shape index (κ1) is 15.8. The summed E-state index contributed by atoms with van der Waals surface area (Å²) < 4.78 is 7.57. The Morgan fingerprint density at radius 3 is 2.65 bits per heavy atom. The highest BCUT2D eigenvalue weighted by atomic mass is 35.5. The Hall–Kier alpha value is -2.04. The van der Waals surface area contributed by atoms with Crippen molar-refractivity contribution in [1.82, 2.24) is 9.38 Å². The molecule has 0 amide bonds. The molecule has 1 aromatic carbocycles.